The van der Waals surface area contributed by atoms with Gasteiger partial charge in [0.1, 0.15) is 11.8 Å². The topological polar surface area (TPSA) is 75.4 Å². The van der Waals surface area contributed by atoms with Crippen LogP contribution < -0.4 is 11.3 Å². The molecule has 0 aromatic heterocycles. The van der Waals surface area contributed by atoms with Crippen LogP contribution in [0, 0.1) is 0 Å². The molecule has 1 atom stereocenters. The average Bonchev–Trinajstić information content (AvgIpc) is 2.42. The average molecular weight is 247 g/mol. The van der Waals surface area contributed by atoms with Crippen LogP contribution >= 0.6 is 0 Å². The Bertz CT molecular complexity index is 423. The van der Waals surface area contributed by atoms with Gasteiger partial charge in [0.25, 0.3) is 5.91 Å². The van der Waals surface area contributed by atoms with Gasteiger partial charge in [0.2, 0.25) is 0 Å². The molecule has 18 heavy (non-hydrogen) atoms. The minimum Gasteiger partial charge on any atom is -0.300 e. The lowest BCUT2D eigenvalue weighted by Gasteiger charge is -2.32. The highest BCUT2D eigenvalue weighted by Gasteiger charge is 2.29. The Labute approximate surface area is 106 Å². The van der Waals surface area contributed by atoms with Crippen LogP contribution in [0.5, 0.6) is 0 Å². The van der Waals surface area contributed by atoms with Gasteiger partial charge in [0.05, 0.1) is 0 Å². The largest absolute Gasteiger partial charge is 0.300 e. The highest BCUT2D eigenvalue weighted by molar-refractivity contribution is 5.83. The number of carbonyl (C=O) groups excluding carboxylic acids is 2. The number of benzene rings is 1. The third kappa shape index (κ3) is 2.75. The smallest absolute Gasteiger partial charge is 0.255 e. The van der Waals surface area contributed by atoms with Crippen LogP contribution in [0.1, 0.15) is 24.4 Å². The second kappa shape index (κ2) is 5.75. The van der Waals surface area contributed by atoms with Crippen LogP contribution in [0.3, 0.4) is 0 Å². The van der Waals surface area contributed by atoms with E-state index >= 15 is 0 Å². The zero-order valence-electron chi connectivity index (χ0n) is 10.1. The molecule has 1 unspecified atom stereocenters. The summed E-state index contributed by atoms with van der Waals surface area (Å²) in [6.07, 6.45) is 1.00. The Balaban J connectivity index is 2.21. The lowest BCUT2D eigenvalue weighted by molar-refractivity contribution is -0.130. The monoisotopic (exact) mass is 247 g/mol. The maximum Gasteiger partial charge on any atom is 0.255 e. The van der Waals surface area contributed by atoms with Gasteiger partial charge in [-0.2, -0.15) is 0 Å². The number of nitrogens with two attached hydrogens (primary N) is 1. The summed E-state index contributed by atoms with van der Waals surface area (Å²) >= 11 is 0. The molecule has 1 aromatic carbocycles. The number of hydrogen-bond acceptors (Lipinski definition) is 4. The fourth-order valence-corrected chi connectivity index (χ4v) is 2.27. The number of hydrogen-bond donors (Lipinski definition) is 2. The van der Waals surface area contributed by atoms with Gasteiger partial charge in [0, 0.05) is 25.9 Å². The molecule has 3 N–H and O–H groups in total. The van der Waals surface area contributed by atoms with Crippen molar-refractivity contribution < 1.29 is 9.59 Å². The van der Waals surface area contributed by atoms with Crippen molar-refractivity contribution in [1.29, 1.82) is 0 Å². The van der Waals surface area contributed by atoms with Crippen molar-refractivity contribution in [2.75, 3.05) is 13.1 Å². The van der Waals surface area contributed by atoms with Crippen molar-refractivity contribution in [2.45, 2.75) is 18.9 Å². The minimum absolute atomic E-state index is 0.240. The van der Waals surface area contributed by atoms with Gasteiger partial charge in [-0.1, -0.05) is 30.3 Å². The van der Waals surface area contributed by atoms with Gasteiger partial charge in [-0.3, -0.25) is 19.9 Å². The van der Waals surface area contributed by atoms with Gasteiger partial charge in [-0.15, -0.1) is 0 Å². The number of nitrogens with one attached hydrogen (secondary N) is 1. The molecule has 1 aromatic rings. The number of ketones is 1. The molecular formula is C13H17N3O2. The first-order valence-electron chi connectivity index (χ1n) is 6.03. The predicted octanol–water partition coefficient (Wildman–Crippen LogP) is 0.382. The Morgan fingerprint density at radius 2 is 1.83 bits per heavy atom. The first-order chi connectivity index (χ1) is 8.72. The van der Waals surface area contributed by atoms with Crippen molar-refractivity contribution >= 4 is 11.7 Å². The van der Waals surface area contributed by atoms with Crippen LogP contribution in [0.2, 0.25) is 0 Å². The Morgan fingerprint density at radius 3 is 2.39 bits per heavy atom. The molecule has 1 saturated heterocycles. The normalized spacial score (nSPS) is 18.4. The van der Waals surface area contributed by atoms with E-state index in [-0.39, 0.29) is 11.7 Å². The zero-order valence-corrected chi connectivity index (χ0v) is 10.1. The summed E-state index contributed by atoms with van der Waals surface area (Å²) < 4.78 is 0. The van der Waals surface area contributed by atoms with E-state index in [0.29, 0.717) is 25.9 Å². The van der Waals surface area contributed by atoms with Crippen LogP contribution in [0.15, 0.2) is 30.3 Å². The van der Waals surface area contributed by atoms with Crippen LogP contribution in [-0.4, -0.2) is 29.7 Å². The first-order valence-corrected chi connectivity index (χ1v) is 6.03. The number of amides is 1. The molecule has 1 heterocycles. The van der Waals surface area contributed by atoms with E-state index in [4.69, 9.17) is 5.84 Å². The second-order valence-electron chi connectivity index (χ2n) is 4.40. The van der Waals surface area contributed by atoms with E-state index < -0.39 is 6.04 Å². The molecule has 5 nitrogen and oxygen atoms in total. The molecule has 1 aliphatic rings. The van der Waals surface area contributed by atoms with Gasteiger partial charge in [0.15, 0.2) is 0 Å². The molecule has 0 radical (unpaired) electrons. The zero-order chi connectivity index (χ0) is 13.0. The molecule has 0 bridgehead atoms. The molecule has 1 amide bonds. The number of likely N-dealkylation sites (tertiary alicyclic amines) is 1. The third-order valence-corrected chi connectivity index (χ3v) is 3.23. The second-order valence-corrected chi connectivity index (χ2v) is 4.40. The fourth-order valence-electron chi connectivity index (χ4n) is 2.27. The highest BCUT2D eigenvalue weighted by atomic mass is 16.2. The molecule has 0 spiro atoms. The van der Waals surface area contributed by atoms with Gasteiger partial charge >= 0.3 is 0 Å². The molecule has 2 rings (SSSR count). The van der Waals surface area contributed by atoms with Gasteiger partial charge < -0.3 is 0 Å². The summed E-state index contributed by atoms with van der Waals surface area (Å²) in [6, 6.07) is 9.07. The number of carbonyl (C=O) groups is 2. The summed E-state index contributed by atoms with van der Waals surface area (Å²) in [5.74, 6) is 5.27. The van der Waals surface area contributed by atoms with Crippen molar-refractivity contribution in [1.82, 2.24) is 10.3 Å². The quantitative estimate of drug-likeness (QED) is 0.460. The van der Waals surface area contributed by atoms with Crippen molar-refractivity contribution in [3.8, 4) is 0 Å². The molecule has 96 valence electrons. The van der Waals surface area contributed by atoms with Crippen molar-refractivity contribution in [2.24, 2.45) is 5.84 Å². The molecule has 1 aliphatic heterocycles. The van der Waals surface area contributed by atoms with Crippen LogP contribution in [0.4, 0.5) is 0 Å². The van der Waals surface area contributed by atoms with E-state index in [2.05, 4.69) is 5.43 Å². The first kappa shape index (κ1) is 12.7. The lowest BCUT2D eigenvalue weighted by atomic mass is 10.0. The molecule has 0 saturated carbocycles. The van der Waals surface area contributed by atoms with E-state index in [1.54, 1.807) is 0 Å². The standard InChI is InChI=1S/C13H17N3O2/c14-15-13(18)12(10-4-2-1-3-5-10)16-8-6-11(17)7-9-16/h1-5,12H,6-9,14H2,(H,15,18). The predicted molar refractivity (Wildman–Crippen MR) is 67.3 cm³/mol. The third-order valence-electron chi connectivity index (χ3n) is 3.23. The Hall–Kier alpha value is -1.72. The van der Waals surface area contributed by atoms with E-state index in [1.807, 2.05) is 35.2 Å². The summed E-state index contributed by atoms with van der Waals surface area (Å²) in [5, 5.41) is 0. The molecule has 5 heteroatoms. The number of rotatable bonds is 3. The summed E-state index contributed by atoms with van der Waals surface area (Å²) in [7, 11) is 0. The number of hydrazine groups is 1. The summed E-state index contributed by atoms with van der Waals surface area (Å²) in [6.45, 7) is 1.21. The summed E-state index contributed by atoms with van der Waals surface area (Å²) in [4.78, 5) is 25.2. The lowest BCUT2D eigenvalue weighted by Crippen LogP contribution is -2.46. The Morgan fingerprint density at radius 1 is 1.22 bits per heavy atom. The maximum absolute atomic E-state index is 11.9. The summed E-state index contributed by atoms with van der Waals surface area (Å²) in [5.41, 5.74) is 3.10. The van der Waals surface area contributed by atoms with Crippen molar-refractivity contribution in [3.63, 3.8) is 0 Å². The molecule has 0 aliphatic carbocycles. The fraction of sp³-hybridized carbons (Fsp3) is 0.385. The minimum atomic E-state index is -0.413. The van der Waals surface area contributed by atoms with Gasteiger partial charge in [-0.05, 0) is 5.56 Å². The molecule has 1 fully saturated rings. The SMILES string of the molecule is NNC(=O)C(c1ccccc1)N1CCC(=O)CC1. The van der Waals surface area contributed by atoms with Crippen LogP contribution in [-0.2, 0) is 9.59 Å². The number of piperidine rings is 1. The Kier molecular flexibility index (Phi) is 4.07. The van der Waals surface area contributed by atoms with E-state index in [1.165, 1.54) is 0 Å². The maximum atomic E-state index is 11.9. The van der Waals surface area contributed by atoms with Crippen LogP contribution in [0.25, 0.3) is 0 Å². The van der Waals surface area contributed by atoms with Gasteiger partial charge in [-0.25, -0.2) is 5.84 Å². The van der Waals surface area contributed by atoms with E-state index in [0.717, 1.165) is 5.56 Å². The van der Waals surface area contributed by atoms with E-state index in [9.17, 15) is 9.59 Å². The highest BCUT2D eigenvalue weighted by Crippen LogP contribution is 2.23. The number of Topliss-reactive ketones (excluding diaryl/α,β-unsaturated/α-hetero) is 1. The molecular weight excluding hydrogens is 230 g/mol. The van der Waals surface area contributed by atoms with Crippen molar-refractivity contribution in [3.05, 3.63) is 35.9 Å². The number of nitrogens with zero attached hydrogens (tertiary/aromatic N) is 1.